The molecule has 1 fully saturated rings. The number of anilines is 1. The van der Waals surface area contributed by atoms with E-state index in [-0.39, 0.29) is 12.1 Å². The van der Waals surface area contributed by atoms with Crippen molar-refractivity contribution in [1.82, 2.24) is 0 Å². The highest BCUT2D eigenvalue weighted by Crippen LogP contribution is 2.21. The third kappa shape index (κ3) is 2.17. The molecule has 13 heavy (non-hydrogen) atoms. The van der Waals surface area contributed by atoms with Gasteiger partial charge in [0.15, 0.2) is 0 Å². The molecule has 0 saturated carbocycles. The van der Waals surface area contributed by atoms with Crippen LogP contribution in [0.15, 0.2) is 30.3 Å². The van der Waals surface area contributed by atoms with Crippen molar-refractivity contribution < 1.29 is 5.11 Å². The Labute approximate surface area is 82.4 Å². The van der Waals surface area contributed by atoms with Gasteiger partial charge in [0.2, 0.25) is 0 Å². The zero-order chi connectivity index (χ0) is 9.10. The maximum Gasteiger partial charge on any atom is 0.0839 e. The molecule has 1 saturated heterocycles. The van der Waals surface area contributed by atoms with Crippen LogP contribution in [-0.4, -0.2) is 28.8 Å². The lowest BCUT2D eigenvalue weighted by Crippen LogP contribution is -2.31. The van der Waals surface area contributed by atoms with Crippen molar-refractivity contribution in [2.24, 2.45) is 0 Å². The van der Waals surface area contributed by atoms with Crippen LogP contribution in [0.25, 0.3) is 0 Å². The quantitative estimate of drug-likeness (QED) is 0.751. The smallest absolute Gasteiger partial charge is 0.0839 e. The zero-order valence-corrected chi connectivity index (χ0v) is 8.13. The number of benzene rings is 1. The van der Waals surface area contributed by atoms with Gasteiger partial charge in [0.05, 0.1) is 12.1 Å². The molecular weight excluding hydrogens is 182 g/mol. The van der Waals surface area contributed by atoms with Gasteiger partial charge in [-0.25, -0.2) is 0 Å². The number of hydrogen-bond donors (Lipinski definition) is 2. The molecule has 70 valence electrons. The van der Waals surface area contributed by atoms with E-state index in [0.717, 1.165) is 17.2 Å². The number of thioether (sulfide) groups is 1. The Balaban J connectivity index is 1.98. The van der Waals surface area contributed by atoms with Crippen molar-refractivity contribution >= 4 is 17.4 Å². The lowest BCUT2D eigenvalue weighted by molar-refractivity contribution is 0.190. The lowest BCUT2D eigenvalue weighted by Gasteiger charge is -2.16. The van der Waals surface area contributed by atoms with Crippen LogP contribution in [-0.2, 0) is 0 Å². The maximum absolute atomic E-state index is 9.57. The summed E-state index contributed by atoms with van der Waals surface area (Å²) >= 11 is 1.80. The maximum atomic E-state index is 9.57. The van der Waals surface area contributed by atoms with Crippen LogP contribution in [0.1, 0.15) is 0 Å². The minimum Gasteiger partial charge on any atom is -0.390 e. The molecule has 2 unspecified atom stereocenters. The van der Waals surface area contributed by atoms with Crippen LogP contribution in [0.3, 0.4) is 0 Å². The third-order valence-corrected chi connectivity index (χ3v) is 3.35. The van der Waals surface area contributed by atoms with Gasteiger partial charge in [-0.05, 0) is 12.1 Å². The fraction of sp³-hybridized carbons (Fsp3) is 0.400. The van der Waals surface area contributed by atoms with Gasteiger partial charge in [-0.3, -0.25) is 0 Å². The van der Waals surface area contributed by atoms with Crippen molar-refractivity contribution in [3.05, 3.63) is 30.3 Å². The molecule has 0 radical (unpaired) electrons. The zero-order valence-electron chi connectivity index (χ0n) is 7.31. The monoisotopic (exact) mass is 195 g/mol. The number of aliphatic hydroxyl groups is 1. The normalized spacial score (nSPS) is 27.5. The topological polar surface area (TPSA) is 32.3 Å². The second kappa shape index (κ2) is 4.03. The van der Waals surface area contributed by atoms with Gasteiger partial charge in [0.1, 0.15) is 0 Å². The first-order chi connectivity index (χ1) is 6.36. The molecule has 2 N–H and O–H groups in total. The van der Waals surface area contributed by atoms with Crippen LogP contribution in [0.4, 0.5) is 5.69 Å². The molecule has 0 aliphatic carbocycles. The first kappa shape index (κ1) is 8.91. The minimum atomic E-state index is -0.204. The summed E-state index contributed by atoms with van der Waals surface area (Å²) in [6.45, 7) is 0. The van der Waals surface area contributed by atoms with E-state index in [1.807, 2.05) is 30.3 Å². The Kier molecular flexibility index (Phi) is 2.76. The molecule has 1 heterocycles. The van der Waals surface area contributed by atoms with E-state index in [2.05, 4.69) is 5.32 Å². The summed E-state index contributed by atoms with van der Waals surface area (Å²) in [5, 5.41) is 12.9. The van der Waals surface area contributed by atoms with E-state index in [1.165, 1.54) is 0 Å². The van der Waals surface area contributed by atoms with Gasteiger partial charge in [0, 0.05) is 17.2 Å². The second-order valence-corrected chi connectivity index (χ2v) is 4.30. The summed E-state index contributed by atoms with van der Waals surface area (Å²) in [5.74, 6) is 1.85. The standard InChI is InChI=1S/C10H13NOS/c12-10-7-13-6-9(10)11-8-4-2-1-3-5-8/h1-5,9-12H,6-7H2. The van der Waals surface area contributed by atoms with Gasteiger partial charge in [0.25, 0.3) is 0 Å². The average Bonchev–Trinajstić information content (AvgIpc) is 2.54. The average molecular weight is 195 g/mol. The van der Waals surface area contributed by atoms with Crippen LogP contribution < -0.4 is 5.32 Å². The van der Waals surface area contributed by atoms with E-state index in [9.17, 15) is 5.11 Å². The predicted octanol–water partition coefficient (Wildman–Crippen LogP) is 1.57. The van der Waals surface area contributed by atoms with E-state index in [4.69, 9.17) is 0 Å². The highest BCUT2D eigenvalue weighted by molar-refractivity contribution is 7.99. The SMILES string of the molecule is OC1CSCC1Nc1ccccc1. The number of rotatable bonds is 2. The molecule has 0 amide bonds. The Morgan fingerprint density at radius 3 is 2.62 bits per heavy atom. The summed E-state index contributed by atoms with van der Waals surface area (Å²) in [6, 6.07) is 10.2. The van der Waals surface area contributed by atoms with Gasteiger partial charge in [-0.2, -0.15) is 11.8 Å². The largest absolute Gasteiger partial charge is 0.390 e. The van der Waals surface area contributed by atoms with Crippen LogP contribution in [0, 0.1) is 0 Å². The summed E-state index contributed by atoms with van der Waals surface area (Å²) in [5.41, 5.74) is 1.09. The first-order valence-corrected chi connectivity index (χ1v) is 5.59. The molecule has 2 nitrogen and oxygen atoms in total. The summed E-state index contributed by atoms with van der Waals surface area (Å²) in [4.78, 5) is 0. The van der Waals surface area contributed by atoms with Crippen molar-refractivity contribution in [2.75, 3.05) is 16.8 Å². The predicted molar refractivity (Wildman–Crippen MR) is 57.2 cm³/mol. The molecule has 1 aromatic rings. The summed E-state index contributed by atoms with van der Waals surface area (Å²) < 4.78 is 0. The van der Waals surface area contributed by atoms with Crippen molar-refractivity contribution in [3.8, 4) is 0 Å². The van der Waals surface area contributed by atoms with Crippen molar-refractivity contribution in [3.63, 3.8) is 0 Å². The van der Waals surface area contributed by atoms with E-state index in [1.54, 1.807) is 11.8 Å². The van der Waals surface area contributed by atoms with Crippen molar-refractivity contribution in [2.45, 2.75) is 12.1 Å². The molecule has 0 spiro atoms. The molecule has 2 atom stereocenters. The fourth-order valence-corrected chi connectivity index (χ4v) is 2.60. The van der Waals surface area contributed by atoms with E-state index < -0.39 is 0 Å². The van der Waals surface area contributed by atoms with E-state index in [0.29, 0.717) is 0 Å². The molecule has 0 bridgehead atoms. The summed E-state index contributed by atoms with van der Waals surface area (Å²) in [7, 11) is 0. The van der Waals surface area contributed by atoms with Crippen LogP contribution in [0.2, 0.25) is 0 Å². The molecule has 2 rings (SSSR count). The van der Waals surface area contributed by atoms with Crippen LogP contribution >= 0.6 is 11.8 Å². The van der Waals surface area contributed by atoms with Gasteiger partial charge in [-0.15, -0.1) is 0 Å². The van der Waals surface area contributed by atoms with Crippen molar-refractivity contribution in [1.29, 1.82) is 0 Å². The number of hydrogen-bond acceptors (Lipinski definition) is 3. The van der Waals surface area contributed by atoms with Gasteiger partial charge >= 0.3 is 0 Å². The highest BCUT2D eigenvalue weighted by Gasteiger charge is 2.25. The molecule has 1 aliphatic rings. The minimum absolute atomic E-state index is 0.204. The van der Waals surface area contributed by atoms with Gasteiger partial charge < -0.3 is 10.4 Å². The Morgan fingerprint density at radius 1 is 1.23 bits per heavy atom. The Morgan fingerprint density at radius 2 is 2.00 bits per heavy atom. The molecule has 1 aromatic carbocycles. The Hall–Kier alpha value is -0.670. The Bertz CT molecular complexity index is 265. The molecule has 0 aromatic heterocycles. The molecule has 3 heteroatoms. The van der Waals surface area contributed by atoms with E-state index >= 15 is 0 Å². The van der Waals surface area contributed by atoms with Gasteiger partial charge in [-0.1, -0.05) is 18.2 Å². The molecule has 1 aliphatic heterocycles. The highest BCUT2D eigenvalue weighted by atomic mass is 32.2. The lowest BCUT2D eigenvalue weighted by atomic mass is 10.2. The molecular formula is C10H13NOS. The second-order valence-electron chi connectivity index (χ2n) is 3.22. The van der Waals surface area contributed by atoms with Crippen LogP contribution in [0.5, 0.6) is 0 Å². The third-order valence-electron chi connectivity index (χ3n) is 2.18. The fourth-order valence-electron chi connectivity index (χ4n) is 1.43. The number of nitrogens with one attached hydrogen (secondary N) is 1. The number of aliphatic hydroxyl groups excluding tert-OH is 1. The number of para-hydroxylation sites is 1. The first-order valence-electron chi connectivity index (χ1n) is 4.43. The summed E-state index contributed by atoms with van der Waals surface area (Å²) in [6.07, 6.45) is -0.204.